The Kier molecular flexibility index (Phi) is 4.03. The third kappa shape index (κ3) is 3.12. The van der Waals surface area contributed by atoms with Crippen LogP contribution in [-0.4, -0.2) is 42.4 Å². The molecule has 0 bridgehead atoms. The van der Waals surface area contributed by atoms with Gasteiger partial charge in [-0.15, -0.1) is 5.10 Å². The molecule has 0 fully saturated rings. The van der Waals surface area contributed by atoms with Crippen molar-refractivity contribution >= 4 is 5.91 Å². The third-order valence-corrected chi connectivity index (χ3v) is 3.64. The smallest absolute Gasteiger partial charge is 0.335 e. The van der Waals surface area contributed by atoms with Crippen molar-refractivity contribution in [3.05, 3.63) is 64.1 Å². The number of carbonyl (C=O) groups excluding carboxylic acids is 1. The van der Waals surface area contributed by atoms with Crippen molar-refractivity contribution in [3.8, 4) is 5.69 Å². The number of hydrogen-bond acceptors (Lipinski definition) is 4. The van der Waals surface area contributed by atoms with Crippen molar-refractivity contribution in [2.24, 2.45) is 7.05 Å². The van der Waals surface area contributed by atoms with Crippen LogP contribution in [0.2, 0.25) is 0 Å². The van der Waals surface area contributed by atoms with Crippen LogP contribution in [0.1, 0.15) is 21.7 Å². The Hall–Kier alpha value is -3.16. The summed E-state index contributed by atoms with van der Waals surface area (Å²) in [6, 6.07) is 7.99. The number of aryl methyl sites for hydroxylation is 2. The summed E-state index contributed by atoms with van der Waals surface area (Å²) in [5.74, 6) is -0.327. The summed E-state index contributed by atoms with van der Waals surface area (Å²) in [4.78, 5) is 27.6. The first-order valence-electron chi connectivity index (χ1n) is 7.43. The van der Waals surface area contributed by atoms with Gasteiger partial charge in [0.2, 0.25) is 5.82 Å². The predicted octanol–water partition coefficient (Wildman–Crippen LogP) is 0.875. The van der Waals surface area contributed by atoms with Crippen molar-refractivity contribution in [1.82, 2.24) is 29.4 Å². The van der Waals surface area contributed by atoms with Crippen LogP contribution in [0.15, 0.2) is 41.5 Å². The lowest BCUT2D eigenvalue weighted by atomic mass is 10.2. The van der Waals surface area contributed by atoms with Crippen LogP contribution in [-0.2, 0) is 13.6 Å². The Balaban J connectivity index is 1.74. The highest BCUT2D eigenvalue weighted by molar-refractivity contribution is 5.90. The number of rotatable bonds is 4. The van der Waals surface area contributed by atoms with E-state index in [4.69, 9.17) is 0 Å². The maximum Gasteiger partial charge on any atom is 0.343 e. The van der Waals surface area contributed by atoms with Gasteiger partial charge in [-0.2, -0.15) is 5.10 Å². The van der Waals surface area contributed by atoms with Crippen molar-refractivity contribution in [2.75, 3.05) is 7.05 Å². The van der Waals surface area contributed by atoms with Crippen LogP contribution in [0.25, 0.3) is 5.69 Å². The van der Waals surface area contributed by atoms with E-state index in [0.29, 0.717) is 6.54 Å². The van der Waals surface area contributed by atoms with E-state index in [2.05, 4.69) is 15.2 Å². The summed E-state index contributed by atoms with van der Waals surface area (Å²) < 4.78 is 2.86. The van der Waals surface area contributed by atoms with Crippen LogP contribution >= 0.6 is 0 Å². The molecule has 0 unspecified atom stereocenters. The second-order valence-corrected chi connectivity index (χ2v) is 5.70. The molecule has 124 valence electrons. The molecule has 2 aromatic heterocycles. The average molecular weight is 326 g/mol. The highest BCUT2D eigenvalue weighted by Crippen LogP contribution is 2.12. The van der Waals surface area contributed by atoms with E-state index in [9.17, 15) is 9.59 Å². The zero-order chi connectivity index (χ0) is 17.3. The first kappa shape index (κ1) is 15.7. The molecule has 1 amide bonds. The minimum absolute atomic E-state index is 0.0241. The van der Waals surface area contributed by atoms with Gasteiger partial charge >= 0.3 is 5.69 Å². The quantitative estimate of drug-likeness (QED) is 0.770. The molecule has 0 saturated carbocycles. The fourth-order valence-corrected chi connectivity index (χ4v) is 2.38. The summed E-state index contributed by atoms with van der Waals surface area (Å²) in [5, 5.41) is 8.20. The lowest BCUT2D eigenvalue weighted by Crippen LogP contribution is -2.27. The molecule has 2 heterocycles. The molecule has 3 rings (SSSR count). The molecule has 24 heavy (non-hydrogen) atoms. The summed E-state index contributed by atoms with van der Waals surface area (Å²) in [5.41, 5.74) is 2.57. The molecule has 8 heteroatoms. The minimum Gasteiger partial charge on any atom is -0.335 e. The zero-order valence-electron chi connectivity index (χ0n) is 13.7. The topological polar surface area (TPSA) is 88.8 Å². The van der Waals surface area contributed by atoms with Crippen LogP contribution in [0.4, 0.5) is 0 Å². The Morgan fingerprint density at radius 2 is 2.17 bits per heavy atom. The van der Waals surface area contributed by atoms with Crippen molar-refractivity contribution < 1.29 is 4.79 Å². The molecule has 0 aliphatic rings. The van der Waals surface area contributed by atoms with Crippen LogP contribution in [0, 0.1) is 6.92 Å². The van der Waals surface area contributed by atoms with Crippen molar-refractivity contribution in [2.45, 2.75) is 13.5 Å². The van der Waals surface area contributed by atoms with Gasteiger partial charge in [0.1, 0.15) is 0 Å². The van der Waals surface area contributed by atoms with Gasteiger partial charge in [0.15, 0.2) is 0 Å². The highest BCUT2D eigenvalue weighted by atomic mass is 16.2. The molecule has 0 radical (unpaired) electrons. The fraction of sp³-hybridized carbons (Fsp3) is 0.250. The Labute approximate surface area is 138 Å². The van der Waals surface area contributed by atoms with Crippen molar-refractivity contribution in [1.29, 1.82) is 0 Å². The van der Waals surface area contributed by atoms with E-state index in [1.807, 2.05) is 37.4 Å². The second kappa shape index (κ2) is 6.15. The van der Waals surface area contributed by atoms with E-state index >= 15 is 0 Å². The fourth-order valence-electron chi connectivity index (χ4n) is 2.38. The Morgan fingerprint density at radius 1 is 1.38 bits per heavy atom. The Bertz CT molecular complexity index is 936. The van der Waals surface area contributed by atoms with E-state index in [1.165, 1.54) is 11.9 Å². The van der Waals surface area contributed by atoms with Crippen LogP contribution < -0.4 is 5.69 Å². The number of amides is 1. The number of aromatic nitrogens is 5. The molecule has 0 spiro atoms. The summed E-state index contributed by atoms with van der Waals surface area (Å²) in [6.45, 7) is 2.39. The first-order chi connectivity index (χ1) is 11.4. The zero-order valence-corrected chi connectivity index (χ0v) is 13.7. The van der Waals surface area contributed by atoms with Gasteiger partial charge in [0.25, 0.3) is 5.91 Å². The van der Waals surface area contributed by atoms with Crippen LogP contribution in [0.3, 0.4) is 0 Å². The predicted molar refractivity (Wildman–Crippen MR) is 87.9 cm³/mol. The van der Waals surface area contributed by atoms with E-state index < -0.39 is 5.69 Å². The largest absolute Gasteiger partial charge is 0.343 e. The molecule has 3 aromatic rings. The lowest BCUT2D eigenvalue weighted by Gasteiger charge is -2.13. The third-order valence-electron chi connectivity index (χ3n) is 3.64. The monoisotopic (exact) mass is 326 g/mol. The first-order valence-corrected chi connectivity index (χ1v) is 7.43. The summed E-state index contributed by atoms with van der Waals surface area (Å²) >= 11 is 0. The van der Waals surface area contributed by atoms with Gasteiger partial charge in [0.05, 0.1) is 11.9 Å². The number of aromatic amines is 1. The number of nitrogens with one attached hydrogen (secondary N) is 1. The highest BCUT2D eigenvalue weighted by Gasteiger charge is 2.17. The van der Waals surface area contributed by atoms with E-state index in [0.717, 1.165) is 21.5 Å². The molecule has 0 saturated heterocycles. The van der Waals surface area contributed by atoms with Crippen molar-refractivity contribution in [3.63, 3.8) is 0 Å². The van der Waals surface area contributed by atoms with Crippen LogP contribution in [0.5, 0.6) is 0 Å². The van der Waals surface area contributed by atoms with Gasteiger partial charge in [-0.05, 0) is 24.6 Å². The molecular formula is C16H18N6O2. The molecule has 0 aliphatic carbocycles. The second-order valence-electron chi connectivity index (χ2n) is 5.70. The molecule has 0 atom stereocenters. The van der Waals surface area contributed by atoms with Gasteiger partial charge < -0.3 is 4.90 Å². The van der Waals surface area contributed by atoms with Gasteiger partial charge in [-0.25, -0.2) is 14.2 Å². The van der Waals surface area contributed by atoms with E-state index in [-0.39, 0.29) is 11.7 Å². The lowest BCUT2D eigenvalue weighted by molar-refractivity contribution is 0.0772. The molecule has 8 nitrogen and oxygen atoms in total. The summed E-state index contributed by atoms with van der Waals surface area (Å²) in [7, 11) is 3.14. The number of carbonyl (C=O) groups is 1. The standard InChI is InChI=1S/C16H18N6O2/c1-11-5-4-6-13(7-11)22-10-12(8-17-22)9-20(2)15(23)14-18-16(24)21(3)19-14/h4-8,10H,9H2,1-3H3,(H,18,19,24). The normalized spacial score (nSPS) is 10.8. The summed E-state index contributed by atoms with van der Waals surface area (Å²) in [6.07, 6.45) is 3.59. The maximum absolute atomic E-state index is 12.3. The molecule has 1 aromatic carbocycles. The van der Waals surface area contributed by atoms with Gasteiger partial charge in [-0.3, -0.25) is 9.78 Å². The number of H-pyrrole nitrogens is 1. The number of hydrogen-bond donors (Lipinski definition) is 1. The molecular weight excluding hydrogens is 308 g/mol. The van der Waals surface area contributed by atoms with Gasteiger partial charge in [0, 0.05) is 32.4 Å². The minimum atomic E-state index is -0.418. The maximum atomic E-state index is 12.3. The SMILES string of the molecule is Cc1cccc(-n2cc(CN(C)C(=O)c3nn(C)c(=O)[nH]3)cn2)c1. The Morgan fingerprint density at radius 3 is 2.83 bits per heavy atom. The number of benzene rings is 1. The van der Waals surface area contributed by atoms with E-state index in [1.54, 1.807) is 17.9 Å². The number of nitrogens with zero attached hydrogens (tertiary/aromatic N) is 5. The molecule has 1 N–H and O–H groups in total. The molecule has 0 aliphatic heterocycles. The average Bonchev–Trinajstić information content (AvgIpc) is 3.14. The van der Waals surface area contributed by atoms with Gasteiger partial charge in [-0.1, -0.05) is 12.1 Å².